The quantitative estimate of drug-likeness (QED) is 0.271. The third-order valence-corrected chi connectivity index (χ3v) is 9.97. The Morgan fingerprint density at radius 3 is 1.67 bits per heavy atom. The van der Waals surface area contributed by atoms with Gasteiger partial charge in [-0.05, 0) is 61.5 Å². The number of furan rings is 1. The minimum absolute atomic E-state index is 0.682. The molecule has 0 atom stereocenters. The number of hydrogen-bond acceptors (Lipinski definition) is 2. The number of hydrogen-bond donors (Lipinski definition) is 0. The van der Waals surface area contributed by atoms with Crippen LogP contribution in [0.5, 0.6) is 0 Å². The number of aromatic nitrogens is 1. The molecule has 0 N–H and O–H groups in total. The van der Waals surface area contributed by atoms with Gasteiger partial charge in [0.1, 0.15) is 5.58 Å². The van der Waals surface area contributed by atoms with Gasteiger partial charge in [0, 0.05) is 36.6 Å². The number of rotatable bonds is 4. The van der Waals surface area contributed by atoms with Crippen LogP contribution in [0.4, 0.5) is 0 Å². The summed E-state index contributed by atoms with van der Waals surface area (Å²) < 4.78 is 6.09. The highest BCUT2D eigenvalue weighted by Gasteiger charge is 2.34. The summed E-state index contributed by atoms with van der Waals surface area (Å²) in [7, 11) is -1.76. The highest BCUT2D eigenvalue weighted by molar-refractivity contribution is 8.34. The van der Waals surface area contributed by atoms with Crippen LogP contribution in [0.1, 0.15) is 5.56 Å². The molecule has 0 unspecified atom stereocenters. The van der Waals surface area contributed by atoms with Crippen molar-refractivity contribution in [3.63, 3.8) is 0 Å². The van der Waals surface area contributed by atoms with Crippen LogP contribution in [-0.2, 0) is 0 Å². The SMILES string of the molecule is Cc1ccc2oc3ncc(S(c4ccccc4)(c4ccccc4)c4ccccc4)cc3c2c1. The van der Waals surface area contributed by atoms with Crippen LogP contribution in [0.2, 0.25) is 0 Å². The van der Waals surface area contributed by atoms with Gasteiger partial charge < -0.3 is 4.42 Å². The summed E-state index contributed by atoms with van der Waals surface area (Å²) in [6, 6.07) is 41.1. The zero-order valence-electron chi connectivity index (χ0n) is 18.3. The summed E-state index contributed by atoms with van der Waals surface area (Å²) in [5.41, 5.74) is 2.77. The lowest BCUT2D eigenvalue weighted by atomic mass is 10.1. The predicted octanol–water partition coefficient (Wildman–Crippen LogP) is 8.63. The maximum Gasteiger partial charge on any atom is 0.227 e. The Labute approximate surface area is 194 Å². The minimum Gasteiger partial charge on any atom is -0.438 e. The predicted molar refractivity (Wildman–Crippen MR) is 136 cm³/mol. The van der Waals surface area contributed by atoms with E-state index in [9.17, 15) is 0 Å². The van der Waals surface area contributed by atoms with E-state index in [0.29, 0.717) is 5.71 Å². The first-order valence-corrected chi connectivity index (χ1v) is 12.7. The fraction of sp³-hybridized carbons (Fsp3) is 0.0333. The molecular formula is C30H23NOS. The van der Waals surface area contributed by atoms with Crippen molar-refractivity contribution in [3.8, 4) is 0 Å². The molecule has 0 spiro atoms. The molecule has 3 heteroatoms. The van der Waals surface area contributed by atoms with Gasteiger partial charge in [-0.1, -0.05) is 66.2 Å². The highest BCUT2D eigenvalue weighted by Crippen LogP contribution is 2.73. The molecule has 2 heterocycles. The molecule has 0 aliphatic carbocycles. The third-order valence-electron chi connectivity index (χ3n) is 6.10. The Morgan fingerprint density at radius 2 is 1.12 bits per heavy atom. The van der Waals surface area contributed by atoms with Crippen LogP contribution in [0.3, 0.4) is 0 Å². The van der Waals surface area contributed by atoms with E-state index >= 15 is 0 Å². The van der Waals surface area contributed by atoms with Crippen LogP contribution < -0.4 is 0 Å². The van der Waals surface area contributed by atoms with E-state index in [0.717, 1.165) is 16.4 Å². The number of pyridine rings is 1. The summed E-state index contributed by atoms with van der Waals surface area (Å²) in [6.07, 6.45) is 2.01. The van der Waals surface area contributed by atoms with Crippen molar-refractivity contribution in [2.75, 3.05) is 0 Å². The molecule has 0 aliphatic heterocycles. The topological polar surface area (TPSA) is 26.0 Å². The van der Waals surface area contributed by atoms with Gasteiger partial charge in [0.05, 0.1) is 0 Å². The molecule has 33 heavy (non-hydrogen) atoms. The monoisotopic (exact) mass is 445 g/mol. The largest absolute Gasteiger partial charge is 0.438 e. The van der Waals surface area contributed by atoms with Gasteiger partial charge in [-0.3, -0.25) is 0 Å². The van der Waals surface area contributed by atoms with Gasteiger partial charge in [-0.15, -0.1) is 10.0 Å². The van der Waals surface area contributed by atoms with Crippen molar-refractivity contribution in [2.45, 2.75) is 26.5 Å². The number of aryl methyl sites for hydroxylation is 1. The summed E-state index contributed by atoms with van der Waals surface area (Å²) in [5.74, 6) is 0. The molecule has 0 radical (unpaired) electrons. The lowest BCUT2D eigenvalue weighted by Crippen LogP contribution is -2.05. The van der Waals surface area contributed by atoms with E-state index < -0.39 is 10.0 Å². The fourth-order valence-electron chi connectivity index (χ4n) is 4.61. The zero-order valence-corrected chi connectivity index (χ0v) is 19.1. The Bertz CT molecular complexity index is 1460. The Balaban J connectivity index is 1.75. The summed E-state index contributed by atoms with van der Waals surface area (Å²) in [4.78, 5) is 9.90. The van der Waals surface area contributed by atoms with Crippen molar-refractivity contribution in [1.29, 1.82) is 0 Å². The van der Waals surface area contributed by atoms with Crippen LogP contribution in [0.15, 0.2) is 145 Å². The second-order valence-corrected chi connectivity index (χ2v) is 11.3. The second kappa shape index (κ2) is 7.95. The highest BCUT2D eigenvalue weighted by atomic mass is 32.3. The summed E-state index contributed by atoms with van der Waals surface area (Å²) in [5, 5.41) is 2.17. The van der Waals surface area contributed by atoms with Crippen molar-refractivity contribution >= 4 is 32.1 Å². The number of benzene rings is 4. The van der Waals surface area contributed by atoms with Crippen molar-refractivity contribution in [2.24, 2.45) is 0 Å². The molecule has 0 saturated carbocycles. The van der Waals surface area contributed by atoms with Gasteiger partial charge in [0.2, 0.25) is 5.71 Å². The standard InChI is InChI=1S/C30H23NOS/c1-22-17-18-29-27(19-22)28-20-26(21-31-30(28)32-29)33(23-11-5-2-6-12-23,24-13-7-3-8-14-24)25-15-9-4-10-16-25/h2-21H,1H3. The van der Waals surface area contributed by atoms with Gasteiger partial charge in [0.25, 0.3) is 0 Å². The molecule has 0 amide bonds. The van der Waals surface area contributed by atoms with E-state index in [2.05, 4.69) is 116 Å². The van der Waals surface area contributed by atoms with Crippen LogP contribution in [-0.4, -0.2) is 4.98 Å². The zero-order chi connectivity index (χ0) is 22.3. The van der Waals surface area contributed by atoms with E-state index in [-0.39, 0.29) is 0 Å². The second-order valence-electron chi connectivity index (χ2n) is 8.18. The average molecular weight is 446 g/mol. The Kier molecular flexibility index (Phi) is 4.78. The normalized spacial score (nSPS) is 12.3. The first-order chi connectivity index (χ1) is 16.3. The Morgan fingerprint density at radius 1 is 0.576 bits per heavy atom. The molecule has 0 saturated heterocycles. The minimum atomic E-state index is -1.76. The molecule has 2 aromatic heterocycles. The molecular weight excluding hydrogens is 422 g/mol. The van der Waals surface area contributed by atoms with Crippen molar-refractivity contribution < 1.29 is 4.42 Å². The molecule has 0 fully saturated rings. The first-order valence-electron chi connectivity index (χ1n) is 11.0. The van der Waals surface area contributed by atoms with Gasteiger partial charge in [-0.25, -0.2) is 4.98 Å². The van der Waals surface area contributed by atoms with E-state index in [1.165, 1.54) is 25.1 Å². The van der Waals surface area contributed by atoms with Gasteiger partial charge in [0.15, 0.2) is 0 Å². The number of fused-ring (bicyclic) bond motifs is 3. The average Bonchev–Trinajstić information content (AvgIpc) is 3.24. The van der Waals surface area contributed by atoms with Crippen molar-refractivity contribution in [3.05, 3.63) is 127 Å². The van der Waals surface area contributed by atoms with E-state index in [4.69, 9.17) is 9.40 Å². The first kappa shape index (κ1) is 19.8. The van der Waals surface area contributed by atoms with E-state index in [1.807, 2.05) is 12.3 Å². The maximum atomic E-state index is 6.09. The molecule has 6 aromatic rings. The van der Waals surface area contributed by atoms with Gasteiger partial charge >= 0.3 is 0 Å². The van der Waals surface area contributed by atoms with Gasteiger partial charge in [-0.2, -0.15) is 0 Å². The molecule has 2 nitrogen and oxygen atoms in total. The molecule has 0 bridgehead atoms. The molecule has 0 aliphatic rings. The van der Waals surface area contributed by atoms with Crippen LogP contribution in [0, 0.1) is 6.92 Å². The summed E-state index contributed by atoms with van der Waals surface area (Å²) >= 11 is 0. The van der Waals surface area contributed by atoms with Crippen LogP contribution >= 0.6 is 10.0 Å². The van der Waals surface area contributed by atoms with E-state index in [1.54, 1.807) is 0 Å². The maximum absolute atomic E-state index is 6.09. The number of nitrogens with zero attached hydrogens (tertiary/aromatic N) is 1. The van der Waals surface area contributed by atoms with Crippen molar-refractivity contribution in [1.82, 2.24) is 4.98 Å². The lowest BCUT2D eigenvalue weighted by molar-refractivity contribution is 0.653. The third kappa shape index (κ3) is 3.16. The molecule has 4 aromatic carbocycles. The molecule has 6 rings (SSSR count). The smallest absolute Gasteiger partial charge is 0.227 e. The fourth-order valence-corrected chi connectivity index (χ4v) is 8.45. The Hall–Kier alpha value is -3.82. The molecule has 160 valence electrons. The summed E-state index contributed by atoms with van der Waals surface area (Å²) in [6.45, 7) is 2.11. The lowest BCUT2D eigenvalue weighted by Gasteiger charge is -2.41. The van der Waals surface area contributed by atoms with Crippen LogP contribution in [0.25, 0.3) is 22.1 Å².